The van der Waals surface area contributed by atoms with Gasteiger partial charge in [0.15, 0.2) is 0 Å². The summed E-state index contributed by atoms with van der Waals surface area (Å²) < 4.78 is 2.40. The van der Waals surface area contributed by atoms with E-state index in [0.717, 1.165) is 22.7 Å². The summed E-state index contributed by atoms with van der Waals surface area (Å²) in [5.74, 6) is 0. The van der Waals surface area contributed by atoms with Gasteiger partial charge in [0.05, 0.1) is 11.0 Å². The molecule has 0 fully saturated rings. The maximum absolute atomic E-state index is 2.42. The molecule has 2 heteroatoms. The lowest BCUT2D eigenvalue weighted by Crippen LogP contribution is -2.14. The van der Waals surface area contributed by atoms with E-state index >= 15 is 0 Å². The second-order valence-corrected chi connectivity index (χ2v) is 18.5. The molecule has 12 aromatic rings. The number of anilines is 3. The monoisotopic (exact) mass is 854 g/mol. The molecule has 13 rings (SSSR count). The van der Waals surface area contributed by atoms with Gasteiger partial charge in [-0.3, -0.25) is 0 Å². The Labute approximate surface area is 391 Å². The van der Waals surface area contributed by atoms with Crippen LogP contribution in [0.4, 0.5) is 17.1 Å². The van der Waals surface area contributed by atoms with Crippen LogP contribution in [-0.4, -0.2) is 4.57 Å². The van der Waals surface area contributed by atoms with Gasteiger partial charge in [0, 0.05) is 38.9 Å². The van der Waals surface area contributed by atoms with Crippen LogP contribution in [0.3, 0.4) is 0 Å². The van der Waals surface area contributed by atoms with Crippen molar-refractivity contribution in [2.75, 3.05) is 4.90 Å². The molecule has 0 amide bonds. The van der Waals surface area contributed by atoms with Crippen LogP contribution in [0, 0.1) is 0 Å². The second-order valence-electron chi connectivity index (χ2n) is 18.5. The minimum atomic E-state index is -0.0408. The predicted molar refractivity (Wildman–Crippen MR) is 284 cm³/mol. The van der Waals surface area contributed by atoms with E-state index in [1.54, 1.807) is 0 Å². The van der Waals surface area contributed by atoms with Crippen molar-refractivity contribution in [1.82, 2.24) is 4.57 Å². The van der Waals surface area contributed by atoms with Crippen LogP contribution in [0.1, 0.15) is 25.0 Å². The summed E-state index contributed by atoms with van der Waals surface area (Å²) in [5, 5.41) is 7.56. The summed E-state index contributed by atoms with van der Waals surface area (Å²) in [7, 11) is 0. The zero-order valence-corrected chi connectivity index (χ0v) is 37.5. The van der Waals surface area contributed by atoms with Crippen molar-refractivity contribution >= 4 is 60.4 Å². The molecule has 0 aliphatic heterocycles. The molecule has 0 radical (unpaired) electrons. The van der Waals surface area contributed by atoms with Crippen molar-refractivity contribution in [2.45, 2.75) is 19.3 Å². The summed E-state index contributed by atoms with van der Waals surface area (Å²) in [4.78, 5) is 2.42. The zero-order chi connectivity index (χ0) is 44.6. The van der Waals surface area contributed by atoms with Gasteiger partial charge in [-0.15, -0.1) is 0 Å². The molecule has 0 saturated carbocycles. The van der Waals surface area contributed by atoms with E-state index in [2.05, 4.69) is 266 Å². The highest BCUT2D eigenvalue weighted by Gasteiger charge is 2.35. The molecule has 1 aliphatic rings. The van der Waals surface area contributed by atoms with Gasteiger partial charge in [0.25, 0.3) is 0 Å². The molecule has 1 aromatic heterocycles. The highest BCUT2D eigenvalue weighted by molar-refractivity contribution is 6.16. The van der Waals surface area contributed by atoms with Crippen LogP contribution in [0.5, 0.6) is 0 Å². The molecule has 0 saturated heterocycles. The quantitative estimate of drug-likeness (QED) is 0.145. The molecular formula is C65H46N2. The Morgan fingerprint density at radius 3 is 1.78 bits per heavy atom. The van der Waals surface area contributed by atoms with Crippen molar-refractivity contribution in [3.8, 4) is 50.2 Å². The van der Waals surface area contributed by atoms with Gasteiger partial charge >= 0.3 is 0 Å². The average Bonchev–Trinajstić information content (AvgIpc) is 3.85. The molecule has 0 unspecified atom stereocenters. The molecular weight excluding hydrogens is 809 g/mol. The van der Waals surface area contributed by atoms with Gasteiger partial charge in [-0.25, -0.2) is 0 Å². The van der Waals surface area contributed by atoms with Crippen LogP contribution in [-0.2, 0) is 5.41 Å². The van der Waals surface area contributed by atoms with E-state index in [0.29, 0.717) is 0 Å². The van der Waals surface area contributed by atoms with Crippen molar-refractivity contribution in [1.29, 1.82) is 0 Å². The SMILES string of the molecule is CC1(C)c2ccccc2-c2cc(-c3cccc(N(c4ccc(-c5cccc6c5ccc5ccccc56)cc4)c4cccc(-c5cccc6c5c5ccccc5n6-c5ccccc5)c4)c3)ccc21. The van der Waals surface area contributed by atoms with Crippen LogP contribution in [0.15, 0.2) is 243 Å². The summed E-state index contributed by atoms with van der Waals surface area (Å²) in [5.41, 5.74) is 19.4. The molecule has 1 heterocycles. The van der Waals surface area contributed by atoms with Gasteiger partial charge in [-0.05, 0) is 144 Å². The van der Waals surface area contributed by atoms with Gasteiger partial charge in [-0.1, -0.05) is 190 Å². The highest BCUT2D eigenvalue weighted by Crippen LogP contribution is 2.50. The number of fused-ring (bicyclic) bond motifs is 9. The second kappa shape index (κ2) is 15.3. The first-order chi connectivity index (χ1) is 33.0. The molecule has 1 aliphatic carbocycles. The third-order valence-corrected chi connectivity index (χ3v) is 14.4. The number of hydrogen-bond donors (Lipinski definition) is 0. The van der Waals surface area contributed by atoms with Crippen molar-refractivity contribution < 1.29 is 0 Å². The van der Waals surface area contributed by atoms with Crippen molar-refractivity contribution in [3.63, 3.8) is 0 Å². The van der Waals surface area contributed by atoms with Crippen LogP contribution in [0.25, 0.3) is 93.5 Å². The first-order valence-corrected chi connectivity index (χ1v) is 23.3. The van der Waals surface area contributed by atoms with E-state index in [-0.39, 0.29) is 5.41 Å². The Morgan fingerprint density at radius 1 is 0.328 bits per heavy atom. The van der Waals surface area contributed by atoms with Gasteiger partial charge < -0.3 is 9.47 Å². The molecule has 67 heavy (non-hydrogen) atoms. The third kappa shape index (κ3) is 6.25. The largest absolute Gasteiger partial charge is 0.310 e. The Balaban J connectivity index is 0.965. The van der Waals surface area contributed by atoms with E-state index in [1.807, 2.05) is 0 Å². The molecule has 0 bridgehead atoms. The fraction of sp³-hybridized carbons (Fsp3) is 0.0462. The number of rotatable bonds is 7. The molecule has 0 atom stereocenters. The molecule has 2 nitrogen and oxygen atoms in total. The topological polar surface area (TPSA) is 8.17 Å². The third-order valence-electron chi connectivity index (χ3n) is 14.4. The minimum absolute atomic E-state index is 0.0408. The number of hydrogen-bond acceptors (Lipinski definition) is 1. The average molecular weight is 855 g/mol. The maximum atomic E-state index is 2.42. The van der Waals surface area contributed by atoms with E-state index in [1.165, 1.54) is 99.0 Å². The van der Waals surface area contributed by atoms with Crippen LogP contribution >= 0.6 is 0 Å². The lowest BCUT2D eigenvalue weighted by molar-refractivity contribution is 0.660. The summed E-state index contributed by atoms with van der Waals surface area (Å²) in [6.07, 6.45) is 0. The highest BCUT2D eigenvalue weighted by atomic mass is 15.1. The number of aromatic nitrogens is 1. The van der Waals surface area contributed by atoms with E-state index in [4.69, 9.17) is 0 Å². The lowest BCUT2D eigenvalue weighted by Gasteiger charge is -2.27. The van der Waals surface area contributed by atoms with Crippen molar-refractivity contribution in [2.24, 2.45) is 0 Å². The zero-order valence-electron chi connectivity index (χ0n) is 37.5. The fourth-order valence-corrected chi connectivity index (χ4v) is 11.2. The summed E-state index contributed by atoms with van der Waals surface area (Å²) >= 11 is 0. The van der Waals surface area contributed by atoms with Gasteiger partial charge in [-0.2, -0.15) is 0 Å². The minimum Gasteiger partial charge on any atom is -0.310 e. The smallest absolute Gasteiger partial charge is 0.0547 e. The van der Waals surface area contributed by atoms with E-state index in [9.17, 15) is 0 Å². The fourth-order valence-electron chi connectivity index (χ4n) is 11.2. The standard InChI is InChI=1S/C65H46N2/c1-65(2)60-29-10-8-24-57(60)59-42-46(35-39-61(59)65)45-17-12-21-50(40-45)66(49-36-32-44(33-37-49)53-26-14-28-55-52-23-7-6-16-43(52)34-38-56(53)55)51-22-13-18-47(41-51)54-27-15-31-63-64(54)58-25-9-11-30-62(58)67(63)48-19-4-3-5-20-48/h3-42H,1-2H3. The van der Waals surface area contributed by atoms with Crippen LogP contribution in [0.2, 0.25) is 0 Å². The maximum Gasteiger partial charge on any atom is 0.0547 e. The lowest BCUT2D eigenvalue weighted by atomic mass is 9.82. The Morgan fingerprint density at radius 2 is 0.925 bits per heavy atom. The number of benzene rings is 11. The van der Waals surface area contributed by atoms with Gasteiger partial charge in [0.2, 0.25) is 0 Å². The van der Waals surface area contributed by atoms with Gasteiger partial charge in [0.1, 0.15) is 0 Å². The van der Waals surface area contributed by atoms with Crippen molar-refractivity contribution in [3.05, 3.63) is 254 Å². The molecule has 11 aromatic carbocycles. The Kier molecular flexibility index (Phi) is 8.91. The molecule has 316 valence electrons. The first-order valence-electron chi connectivity index (χ1n) is 23.3. The predicted octanol–water partition coefficient (Wildman–Crippen LogP) is 17.9. The number of nitrogens with zero attached hydrogens (tertiary/aromatic N) is 2. The molecule has 0 N–H and O–H groups in total. The Hall–Kier alpha value is -8.46. The van der Waals surface area contributed by atoms with E-state index < -0.39 is 0 Å². The normalized spacial score (nSPS) is 12.7. The summed E-state index contributed by atoms with van der Waals surface area (Å²) in [6.45, 7) is 4.69. The summed E-state index contributed by atoms with van der Waals surface area (Å²) in [6, 6.07) is 89.4. The number of para-hydroxylation sites is 2. The molecule has 0 spiro atoms. The first kappa shape index (κ1) is 39.0. The Bertz CT molecular complexity index is 3890. The van der Waals surface area contributed by atoms with Crippen LogP contribution < -0.4 is 4.90 Å².